The molecule has 0 bridgehead atoms. The number of nitrogens with one attached hydrogen (secondary N) is 1. The van der Waals surface area contributed by atoms with E-state index in [4.69, 9.17) is 0 Å². The third-order valence-electron chi connectivity index (χ3n) is 3.29. The second kappa shape index (κ2) is 4.38. The van der Waals surface area contributed by atoms with E-state index < -0.39 is 5.92 Å². The van der Waals surface area contributed by atoms with E-state index in [1.165, 1.54) is 12.0 Å². The molecule has 1 atom stereocenters. The van der Waals surface area contributed by atoms with Crippen molar-refractivity contribution < 1.29 is 14.3 Å². The topological polar surface area (TPSA) is 75.3 Å². The van der Waals surface area contributed by atoms with Crippen LogP contribution in [0.3, 0.4) is 0 Å². The van der Waals surface area contributed by atoms with Crippen LogP contribution in [0.5, 0.6) is 0 Å². The molecule has 1 aliphatic rings. The highest BCUT2D eigenvalue weighted by atomic mass is 16.5. The molecule has 1 saturated heterocycles. The molecule has 2 aromatic rings. The second-order valence-corrected chi connectivity index (χ2v) is 4.51. The van der Waals surface area contributed by atoms with Crippen LogP contribution >= 0.6 is 0 Å². The minimum absolute atomic E-state index is 0.116. The molecule has 0 spiro atoms. The highest BCUT2D eigenvalue weighted by molar-refractivity contribution is 5.99. The third kappa shape index (κ3) is 1.95. The van der Waals surface area contributed by atoms with Crippen LogP contribution in [-0.2, 0) is 14.3 Å². The van der Waals surface area contributed by atoms with Crippen molar-refractivity contribution in [3.05, 3.63) is 24.3 Å². The first-order valence-electron chi connectivity index (χ1n) is 6.02. The SMILES string of the molecule is COC(=O)C1CC(=O)N(c2nc3ccccc3[nH]2)C1. The zero-order valence-corrected chi connectivity index (χ0v) is 10.4. The number of carbonyl (C=O) groups is 2. The lowest BCUT2D eigenvalue weighted by molar-refractivity contribution is -0.145. The first kappa shape index (κ1) is 11.7. The minimum Gasteiger partial charge on any atom is -0.469 e. The van der Waals surface area contributed by atoms with Gasteiger partial charge in [0.15, 0.2) is 0 Å². The predicted molar refractivity (Wildman–Crippen MR) is 68.6 cm³/mol. The third-order valence-corrected chi connectivity index (χ3v) is 3.29. The van der Waals surface area contributed by atoms with Crippen LogP contribution in [0.2, 0.25) is 0 Å². The van der Waals surface area contributed by atoms with Crippen molar-refractivity contribution in [2.75, 3.05) is 18.6 Å². The Morgan fingerprint density at radius 1 is 1.47 bits per heavy atom. The monoisotopic (exact) mass is 259 g/mol. The van der Waals surface area contributed by atoms with Gasteiger partial charge in [0.25, 0.3) is 0 Å². The lowest BCUT2D eigenvalue weighted by Crippen LogP contribution is -2.27. The molecule has 1 aromatic carbocycles. The first-order valence-corrected chi connectivity index (χ1v) is 6.02. The maximum atomic E-state index is 11.9. The Balaban J connectivity index is 1.90. The maximum Gasteiger partial charge on any atom is 0.311 e. The summed E-state index contributed by atoms with van der Waals surface area (Å²) >= 11 is 0. The summed E-state index contributed by atoms with van der Waals surface area (Å²) < 4.78 is 4.68. The van der Waals surface area contributed by atoms with Gasteiger partial charge in [-0.05, 0) is 12.1 Å². The number of rotatable bonds is 2. The van der Waals surface area contributed by atoms with E-state index in [0.29, 0.717) is 12.5 Å². The molecule has 3 rings (SSSR count). The molecule has 98 valence electrons. The van der Waals surface area contributed by atoms with E-state index in [1.54, 1.807) is 0 Å². The highest BCUT2D eigenvalue weighted by Gasteiger charge is 2.37. The van der Waals surface area contributed by atoms with Gasteiger partial charge >= 0.3 is 5.97 Å². The number of esters is 1. The summed E-state index contributed by atoms with van der Waals surface area (Å²) in [4.78, 5) is 32.4. The number of benzene rings is 1. The van der Waals surface area contributed by atoms with E-state index >= 15 is 0 Å². The molecule has 6 heteroatoms. The molecular formula is C13H13N3O3. The van der Waals surface area contributed by atoms with Gasteiger partial charge in [0, 0.05) is 13.0 Å². The summed E-state index contributed by atoms with van der Waals surface area (Å²) in [6, 6.07) is 7.54. The molecule has 19 heavy (non-hydrogen) atoms. The van der Waals surface area contributed by atoms with Crippen LogP contribution in [0.1, 0.15) is 6.42 Å². The van der Waals surface area contributed by atoms with E-state index in [-0.39, 0.29) is 18.3 Å². The lowest BCUT2D eigenvalue weighted by atomic mass is 10.1. The number of anilines is 1. The Kier molecular flexibility index (Phi) is 2.70. The molecular weight excluding hydrogens is 246 g/mol. The smallest absolute Gasteiger partial charge is 0.311 e. The van der Waals surface area contributed by atoms with Crippen molar-refractivity contribution in [2.45, 2.75) is 6.42 Å². The van der Waals surface area contributed by atoms with E-state index in [1.807, 2.05) is 24.3 Å². The number of aromatic amines is 1. The van der Waals surface area contributed by atoms with Crippen molar-refractivity contribution in [2.24, 2.45) is 5.92 Å². The fourth-order valence-electron chi connectivity index (χ4n) is 2.30. The average molecular weight is 259 g/mol. The lowest BCUT2D eigenvalue weighted by Gasteiger charge is -2.12. The quantitative estimate of drug-likeness (QED) is 0.819. The van der Waals surface area contributed by atoms with E-state index in [2.05, 4.69) is 14.7 Å². The van der Waals surface area contributed by atoms with Gasteiger partial charge in [0.1, 0.15) is 0 Å². The summed E-state index contributed by atoms with van der Waals surface area (Å²) in [5.74, 6) is -0.398. The number of carbonyl (C=O) groups excluding carboxylic acids is 2. The molecule has 0 aliphatic carbocycles. The molecule has 1 N–H and O–H groups in total. The van der Waals surface area contributed by atoms with Crippen LogP contribution in [0.25, 0.3) is 11.0 Å². The number of H-pyrrole nitrogens is 1. The van der Waals surface area contributed by atoms with Crippen molar-refractivity contribution in [3.63, 3.8) is 0 Å². The van der Waals surface area contributed by atoms with Crippen LogP contribution < -0.4 is 4.90 Å². The molecule has 2 heterocycles. The highest BCUT2D eigenvalue weighted by Crippen LogP contribution is 2.25. The van der Waals surface area contributed by atoms with Crippen LogP contribution in [0.4, 0.5) is 5.95 Å². The molecule has 0 radical (unpaired) electrons. The summed E-state index contributed by atoms with van der Waals surface area (Å²) in [6.07, 6.45) is 0.170. The number of methoxy groups -OCH3 is 1. The number of hydrogen-bond acceptors (Lipinski definition) is 4. The summed E-state index contributed by atoms with van der Waals surface area (Å²) in [7, 11) is 1.33. The van der Waals surface area contributed by atoms with Crippen LogP contribution in [-0.4, -0.2) is 35.5 Å². The molecule has 1 unspecified atom stereocenters. The molecule has 0 saturated carbocycles. The fourth-order valence-corrected chi connectivity index (χ4v) is 2.30. The Bertz CT molecular complexity index is 616. The standard InChI is InChI=1S/C13H13N3O3/c1-19-12(18)8-6-11(17)16(7-8)13-14-9-4-2-3-5-10(9)15-13/h2-5,8H,6-7H2,1H3,(H,14,15). The van der Waals surface area contributed by atoms with Crippen molar-refractivity contribution >= 4 is 28.9 Å². The van der Waals surface area contributed by atoms with E-state index in [0.717, 1.165) is 11.0 Å². The average Bonchev–Trinajstić information content (AvgIpc) is 3.00. The number of imidazole rings is 1. The van der Waals surface area contributed by atoms with Crippen molar-refractivity contribution in [1.82, 2.24) is 9.97 Å². The Morgan fingerprint density at radius 2 is 2.26 bits per heavy atom. The van der Waals surface area contributed by atoms with Crippen LogP contribution in [0.15, 0.2) is 24.3 Å². The largest absolute Gasteiger partial charge is 0.469 e. The second-order valence-electron chi connectivity index (χ2n) is 4.51. The van der Waals surface area contributed by atoms with Crippen molar-refractivity contribution in [1.29, 1.82) is 0 Å². The fraction of sp³-hybridized carbons (Fsp3) is 0.308. The first-order chi connectivity index (χ1) is 9.19. The zero-order chi connectivity index (χ0) is 13.4. The van der Waals surface area contributed by atoms with Gasteiger partial charge in [-0.15, -0.1) is 0 Å². The molecule has 1 aliphatic heterocycles. The van der Waals surface area contributed by atoms with Crippen molar-refractivity contribution in [3.8, 4) is 0 Å². The Labute approximate surface area is 109 Å². The molecule has 1 aromatic heterocycles. The van der Waals surface area contributed by atoms with Crippen LogP contribution in [0, 0.1) is 5.92 Å². The summed E-state index contributed by atoms with van der Waals surface area (Å²) in [6.45, 7) is 0.311. The molecule has 1 amide bonds. The number of aromatic nitrogens is 2. The van der Waals surface area contributed by atoms with E-state index in [9.17, 15) is 9.59 Å². The number of fused-ring (bicyclic) bond motifs is 1. The maximum absolute atomic E-state index is 11.9. The number of amides is 1. The minimum atomic E-state index is -0.411. The summed E-state index contributed by atoms with van der Waals surface area (Å²) in [5, 5.41) is 0. The van der Waals surface area contributed by atoms with Gasteiger partial charge in [-0.25, -0.2) is 4.98 Å². The Hall–Kier alpha value is -2.37. The molecule has 1 fully saturated rings. The molecule has 6 nitrogen and oxygen atoms in total. The number of nitrogens with zero attached hydrogens (tertiary/aromatic N) is 2. The Morgan fingerprint density at radius 3 is 3.00 bits per heavy atom. The van der Waals surface area contributed by atoms with Gasteiger partial charge in [-0.2, -0.15) is 0 Å². The van der Waals surface area contributed by atoms with Gasteiger partial charge in [0.2, 0.25) is 11.9 Å². The van der Waals surface area contributed by atoms with Gasteiger partial charge < -0.3 is 9.72 Å². The zero-order valence-electron chi connectivity index (χ0n) is 10.4. The number of ether oxygens (including phenoxy) is 1. The normalized spacial score (nSPS) is 19.1. The van der Waals surface area contributed by atoms with Gasteiger partial charge in [-0.3, -0.25) is 14.5 Å². The van der Waals surface area contributed by atoms with Gasteiger partial charge in [0.05, 0.1) is 24.1 Å². The predicted octanol–water partition coefficient (Wildman–Crippen LogP) is 1.09. The number of para-hydroxylation sites is 2. The van der Waals surface area contributed by atoms with Gasteiger partial charge in [-0.1, -0.05) is 12.1 Å². The number of hydrogen-bond donors (Lipinski definition) is 1. The summed E-state index contributed by atoms with van der Waals surface area (Å²) in [5.41, 5.74) is 1.67.